The second kappa shape index (κ2) is 8.43. The smallest absolute Gasteiger partial charge is 0.233 e. The predicted molar refractivity (Wildman–Crippen MR) is 97.0 cm³/mol. The van der Waals surface area contributed by atoms with Crippen LogP contribution in [0.25, 0.3) is 0 Å². The Bertz CT molecular complexity index is 675. The molecular formula is C16H21FN4OS2. The minimum atomic E-state index is -0.280. The number of benzene rings is 1. The number of rotatable bonds is 7. The molecule has 2 rings (SSSR count). The summed E-state index contributed by atoms with van der Waals surface area (Å²) in [5, 5.41) is 12.1. The molecule has 2 aromatic rings. The molecule has 0 radical (unpaired) electrons. The summed E-state index contributed by atoms with van der Waals surface area (Å²) in [7, 11) is 1.75. The largest absolute Gasteiger partial charge is 0.358 e. The van der Waals surface area contributed by atoms with Crippen molar-refractivity contribution in [1.82, 2.24) is 15.1 Å². The van der Waals surface area contributed by atoms with Crippen LogP contribution in [-0.4, -0.2) is 39.8 Å². The Labute approximate surface area is 149 Å². The Hall–Kier alpha value is -1.67. The second-order valence-electron chi connectivity index (χ2n) is 5.69. The summed E-state index contributed by atoms with van der Waals surface area (Å²) in [4.78, 5) is 14.0. The number of halogens is 1. The zero-order chi connectivity index (χ0) is 17.7. The number of hydrogen-bond acceptors (Lipinski definition) is 6. The van der Waals surface area contributed by atoms with Gasteiger partial charge in [-0.3, -0.25) is 4.79 Å². The van der Waals surface area contributed by atoms with Gasteiger partial charge in [-0.1, -0.05) is 35.2 Å². The highest BCUT2D eigenvalue weighted by molar-refractivity contribution is 8.01. The number of nitrogens with zero attached hydrogens (tertiary/aromatic N) is 3. The molecule has 1 amide bonds. The van der Waals surface area contributed by atoms with E-state index >= 15 is 0 Å². The number of nitrogens with one attached hydrogen (secondary N) is 1. The minimum Gasteiger partial charge on any atom is -0.358 e. The molecule has 0 saturated heterocycles. The van der Waals surface area contributed by atoms with Crippen molar-refractivity contribution in [2.75, 3.05) is 18.1 Å². The normalized spacial score (nSPS) is 12.2. The highest BCUT2D eigenvalue weighted by Gasteiger charge is 2.18. The Morgan fingerprint density at radius 1 is 1.29 bits per heavy atom. The third-order valence-electron chi connectivity index (χ3n) is 3.46. The van der Waals surface area contributed by atoms with Crippen molar-refractivity contribution in [2.24, 2.45) is 0 Å². The molecule has 0 spiro atoms. The third kappa shape index (κ3) is 5.17. The summed E-state index contributed by atoms with van der Waals surface area (Å²) in [5.74, 6) is 0.00110. The standard InChI is InChI=1S/C16H21FN4OS2/c1-10(2)18-15-19-20-16(24-15)23-9-14(22)21(4)11(3)12-5-7-13(17)8-6-12/h5-8,10-11H,9H2,1-4H3,(H,18,19). The molecular weight excluding hydrogens is 347 g/mol. The van der Waals surface area contributed by atoms with Gasteiger partial charge in [-0.25, -0.2) is 4.39 Å². The first-order valence-electron chi connectivity index (χ1n) is 7.60. The molecule has 0 aliphatic carbocycles. The highest BCUT2D eigenvalue weighted by atomic mass is 32.2. The molecule has 24 heavy (non-hydrogen) atoms. The molecule has 0 aliphatic rings. The Morgan fingerprint density at radius 2 is 1.96 bits per heavy atom. The van der Waals surface area contributed by atoms with Gasteiger partial charge in [0.2, 0.25) is 11.0 Å². The van der Waals surface area contributed by atoms with Gasteiger partial charge in [-0.2, -0.15) is 0 Å². The average molecular weight is 369 g/mol. The molecule has 1 unspecified atom stereocenters. The quantitative estimate of drug-likeness (QED) is 0.753. The second-order valence-corrected chi connectivity index (χ2v) is 7.89. The van der Waals surface area contributed by atoms with Crippen LogP contribution in [0.1, 0.15) is 32.4 Å². The van der Waals surface area contributed by atoms with Crippen LogP contribution in [0.4, 0.5) is 9.52 Å². The summed E-state index contributed by atoms with van der Waals surface area (Å²) < 4.78 is 13.8. The molecule has 8 heteroatoms. The molecule has 0 saturated carbocycles. The van der Waals surface area contributed by atoms with E-state index in [0.29, 0.717) is 11.8 Å². The number of hydrogen-bond donors (Lipinski definition) is 1. The lowest BCUT2D eigenvalue weighted by Crippen LogP contribution is -2.31. The first-order chi connectivity index (χ1) is 11.4. The predicted octanol–water partition coefficient (Wildman–Crippen LogP) is 3.81. The zero-order valence-electron chi connectivity index (χ0n) is 14.1. The summed E-state index contributed by atoms with van der Waals surface area (Å²) in [6.07, 6.45) is 0. The lowest BCUT2D eigenvalue weighted by atomic mass is 10.1. The summed E-state index contributed by atoms with van der Waals surface area (Å²) in [5.41, 5.74) is 0.900. The van der Waals surface area contributed by atoms with Crippen molar-refractivity contribution in [3.63, 3.8) is 0 Å². The van der Waals surface area contributed by atoms with Gasteiger partial charge in [0.05, 0.1) is 11.8 Å². The van der Waals surface area contributed by atoms with Crippen LogP contribution in [0.15, 0.2) is 28.6 Å². The molecule has 1 heterocycles. The van der Waals surface area contributed by atoms with Crippen LogP contribution >= 0.6 is 23.1 Å². The summed E-state index contributed by atoms with van der Waals surface area (Å²) in [6, 6.07) is 6.38. The number of aromatic nitrogens is 2. The van der Waals surface area contributed by atoms with E-state index in [1.54, 1.807) is 24.1 Å². The Balaban J connectivity index is 1.89. The van der Waals surface area contributed by atoms with E-state index in [-0.39, 0.29) is 17.8 Å². The van der Waals surface area contributed by atoms with Crippen LogP contribution in [0.5, 0.6) is 0 Å². The van der Waals surface area contributed by atoms with Gasteiger partial charge in [0.25, 0.3) is 0 Å². The minimum absolute atomic E-state index is 0.00889. The van der Waals surface area contributed by atoms with E-state index in [0.717, 1.165) is 15.0 Å². The van der Waals surface area contributed by atoms with E-state index in [1.165, 1.54) is 35.2 Å². The van der Waals surface area contributed by atoms with Gasteiger partial charge >= 0.3 is 0 Å². The fraction of sp³-hybridized carbons (Fsp3) is 0.438. The van der Waals surface area contributed by atoms with Gasteiger partial charge in [0, 0.05) is 13.1 Å². The molecule has 1 aromatic heterocycles. The van der Waals surface area contributed by atoms with Crippen molar-refractivity contribution >= 4 is 34.1 Å². The van der Waals surface area contributed by atoms with E-state index in [4.69, 9.17) is 0 Å². The first kappa shape index (κ1) is 18.7. The third-order valence-corrected chi connectivity index (χ3v) is 5.44. The van der Waals surface area contributed by atoms with Gasteiger partial charge in [-0.15, -0.1) is 10.2 Å². The SMILES string of the molecule is CC(C)Nc1nnc(SCC(=O)N(C)C(C)c2ccc(F)cc2)s1. The van der Waals surface area contributed by atoms with Gasteiger partial charge < -0.3 is 10.2 Å². The number of carbonyl (C=O) groups is 1. The van der Waals surface area contributed by atoms with Gasteiger partial charge in [0.15, 0.2) is 4.34 Å². The first-order valence-corrected chi connectivity index (χ1v) is 9.41. The molecule has 0 aliphatic heterocycles. The number of anilines is 1. The van der Waals surface area contributed by atoms with Crippen LogP contribution in [0, 0.1) is 5.82 Å². The highest BCUT2D eigenvalue weighted by Crippen LogP contribution is 2.27. The van der Waals surface area contributed by atoms with Crippen molar-refractivity contribution in [3.8, 4) is 0 Å². The van der Waals surface area contributed by atoms with Gasteiger partial charge in [-0.05, 0) is 38.5 Å². The zero-order valence-corrected chi connectivity index (χ0v) is 15.7. The Kier molecular flexibility index (Phi) is 6.56. The summed E-state index contributed by atoms with van der Waals surface area (Å²) in [6.45, 7) is 5.98. The van der Waals surface area contributed by atoms with Gasteiger partial charge in [0.1, 0.15) is 5.82 Å². The van der Waals surface area contributed by atoms with Crippen molar-refractivity contribution in [1.29, 1.82) is 0 Å². The van der Waals surface area contributed by atoms with Crippen LogP contribution < -0.4 is 5.32 Å². The van der Waals surface area contributed by atoms with Crippen LogP contribution in [0.2, 0.25) is 0 Å². The average Bonchev–Trinajstić information content (AvgIpc) is 2.98. The van der Waals surface area contributed by atoms with Crippen LogP contribution in [0.3, 0.4) is 0 Å². The molecule has 1 N–H and O–H groups in total. The number of thioether (sulfide) groups is 1. The van der Waals surface area contributed by atoms with E-state index in [2.05, 4.69) is 15.5 Å². The monoisotopic (exact) mass is 368 g/mol. The van der Waals surface area contributed by atoms with Crippen LogP contribution in [-0.2, 0) is 4.79 Å². The molecule has 1 atom stereocenters. The molecule has 130 valence electrons. The van der Waals surface area contributed by atoms with Crippen molar-refractivity contribution in [2.45, 2.75) is 37.2 Å². The molecule has 0 bridgehead atoms. The Morgan fingerprint density at radius 3 is 2.58 bits per heavy atom. The maximum atomic E-state index is 13.0. The fourth-order valence-corrected chi connectivity index (χ4v) is 3.80. The molecule has 1 aromatic carbocycles. The number of amides is 1. The van der Waals surface area contributed by atoms with Crippen molar-refractivity contribution < 1.29 is 9.18 Å². The van der Waals surface area contributed by atoms with E-state index in [9.17, 15) is 9.18 Å². The number of carbonyl (C=O) groups excluding carboxylic acids is 1. The lowest BCUT2D eigenvalue weighted by molar-refractivity contribution is -0.128. The fourth-order valence-electron chi connectivity index (χ4n) is 1.98. The lowest BCUT2D eigenvalue weighted by Gasteiger charge is -2.25. The van der Waals surface area contributed by atoms with E-state index in [1.807, 2.05) is 20.8 Å². The summed E-state index contributed by atoms with van der Waals surface area (Å²) >= 11 is 2.81. The molecule has 5 nitrogen and oxygen atoms in total. The topological polar surface area (TPSA) is 58.1 Å². The maximum absolute atomic E-state index is 13.0. The molecule has 0 fully saturated rings. The maximum Gasteiger partial charge on any atom is 0.233 e. The van der Waals surface area contributed by atoms with E-state index < -0.39 is 0 Å². The van der Waals surface area contributed by atoms with Crippen molar-refractivity contribution in [3.05, 3.63) is 35.6 Å².